The van der Waals surface area contributed by atoms with Crippen LogP contribution in [0.15, 0.2) is 30.3 Å². The van der Waals surface area contributed by atoms with Crippen LogP contribution >= 0.6 is 0 Å². The molecule has 1 saturated carbocycles. The minimum Gasteiger partial charge on any atom is -0.335 e. The zero-order valence-corrected chi connectivity index (χ0v) is 14.1. The molecule has 1 aromatic carbocycles. The van der Waals surface area contributed by atoms with Gasteiger partial charge in [-0.2, -0.15) is 0 Å². The van der Waals surface area contributed by atoms with E-state index in [-0.39, 0.29) is 11.8 Å². The molecule has 0 spiro atoms. The average Bonchev–Trinajstić information content (AvgIpc) is 2.48. The van der Waals surface area contributed by atoms with Gasteiger partial charge in [0.15, 0.2) is 0 Å². The molecule has 2 rings (SSSR count). The highest BCUT2D eigenvalue weighted by Gasteiger charge is 2.49. The highest BCUT2D eigenvalue weighted by Crippen LogP contribution is 2.39. The van der Waals surface area contributed by atoms with E-state index in [1.807, 2.05) is 19.9 Å². The van der Waals surface area contributed by atoms with Crippen LogP contribution in [-0.4, -0.2) is 37.1 Å². The number of hydrogen-bond acceptors (Lipinski definition) is 3. The van der Waals surface area contributed by atoms with Crippen molar-refractivity contribution >= 4 is 15.9 Å². The molecule has 1 aromatic rings. The molecule has 0 saturated heterocycles. The van der Waals surface area contributed by atoms with Crippen LogP contribution in [0.4, 0.5) is 0 Å². The summed E-state index contributed by atoms with van der Waals surface area (Å²) in [6, 6.07) is 8.90. The van der Waals surface area contributed by atoms with Crippen molar-refractivity contribution in [3.05, 3.63) is 35.9 Å². The quantitative estimate of drug-likeness (QED) is 0.923. The zero-order valence-electron chi connectivity index (χ0n) is 13.3. The van der Waals surface area contributed by atoms with Gasteiger partial charge in [-0.1, -0.05) is 25.1 Å². The zero-order chi connectivity index (χ0) is 16.5. The fraction of sp³-hybridized carbons (Fsp3) is 0.562. The van der Waals surface area contributed by atoms with Crippen LogP contribution in [-0.2, 0) is 10.0 Å². The molecular weight excluding hydrogens is 300 g/mol. The predicted octanol–water partition coefficient (Wildman–Crippen LogP) is 1.99. The second-order valence-corrected chi connectivity index (χ2v) is 8.29. The Hall–Kier alpha value is -1.40. The van der Waals surface area contributed by atoms with E-state index in [1.54, 1.807) is 36.2 Å². The van der Waals surface area contributed by atoms with Crippen LogP contribution in [0.3, 0.4) is 0 Å². The Labute approximate surface area is 132 Å². The minimum absolute atomic E-state index is 0.175. The van der Waals surface area contributed by atoms with Gasteiger partial charge < -0.3 is 4.90 Å². The first-order valence-corrected chi connectivity index (χ1v) is 9.12. The van der Waals surface area contributed by atoms with Crippen molar-refractivity contribution in [1.82, 2.24) is 4.90 Å². The first kappa shape index (κ1) is 17.0. The molecule has 1 amide bonds. The molecule has 0 heterocycles. The van der Waals surface area contributed by atoms with Gasteiger partial charge >= 0.3 is 0 Å². The SMILES string of the molecule is C[C@@H]1CCC(C)(N(C)C(=O)c2ccccc2)[C@@H](S(N)(=O)=O)C1. The van der Waals surface area contributed by atoms with Crippen molar-refractivity contribution in [3.8, 4) is 0 Å². The molecule has 0 bridgehead atoms. The Kier molecular flexibility index (Phi) is 4.63. The largest absolute Gasteiger partial charge is 0.335 e. The molecule has 1 fully saturated rings. The standard InChI is InChI=1S/C16H24N2O3S/c1-12-9-10-16(2,14(11-12)22(17,20)21)18(3)15(19)13-7-5-4-6-8-13/h4-8,12,14H,9-11H2,1-3H3,(H2,17,20,21)/t12-,14+,16?/m1/s1. The molecule has 0 aliphatic heterocycles. The topological polar surface area (TPSA) is 80.5 Å². The molecule has 0 radical (unpaired) electrons. The number of amides is 1. The van der Waals surface area contributed by atoms with E-state index >= 15 is 0 Å². The number of carbonyl (C=O) groups excluding carboxylic acids is 1. The van der Waals surface area contributed by atoms with Gasteiger partial charge in [0.2, 0.25) is 10.0 Å². The molecule has 122 valence electrons. The Bertz CT molecular complexity index is 645. The van der Waals surface area contributed by atoms with Gasteiger partial charge in [0, 0.05) is 12.6 Å². The van der Waals surface area contributed by atoms with Gasteiger partial charge in [-0.25, -0.2) is 13.6 Å². The second-order valence-electron chi connectivity index (χ2n) is 6.54. The lowest BCUT2D eigenvalue weighted by Crippen LogP contribution is -2.61. The van der Waals surface area contributed by atoms with Crippen LogP contribution < -0.4 is 5.14 Å². The van der Waals surface area contributed by atoms with Crippen molar-refractivity contribution in [2.75, 3.05) is 7.05 Å². The summed E-state index contributed by atoms with van der Waals surface area (Å²) >= 11 is 0. The highest BCUT2D eigenvalue weighted by atomic mass is 32.2. The Morgan fingerprint density at radius 1 is 1.32 bits per heavy atom. The molecule has 3 atom stereocenters. The number of benzene rings is 1. The predicted molar refractivity (Wildman–Crippen MR) is 86.9 cm³/mol. The van der Waals surface area contributed by atoms with Crippen molar-refractivity contribution in [2.24, 2.45) is 11.1 Å². The van der Waals surface area contributed by atoms with E-state index in [4.69, 9.17) is 5.14 Å². The summed E-state index contributed by atoms with van der Waals surface area (Å²) in [5.41, 5.74) is -0.231. The lowest BCUT2D eigenvalue weighted by atomic mass is 9.76. The maximum atomic E-state index is 12.7. The summed E-state index contributed by atoms with van der Waals surface area (Å²) in [6.07, 6.45) is 2.00. The maximum absolute atomic E-state index is 12.7. The third-order valence-electron chi connectivity index (χ3n) is 4.94. The number of hydrogen-bond donors (Lipinski definition) is 1. The van der Waals surface area contributed by atoms with Crippen molar-refractivity contribution in [3.63, 3.8) is 0 Å². The molecule has 2 N–H and O–H groups in total. The first-order chi connectivity index (χ1) is 10.2. The van der Waals surface area contributed by atoms with E-state index in [2.05, 4.69) is 0 Å². The lowest BCUT2D eigenvalue weighted by molar-refractivity contribution is 0.0470. The Balaban J connectivity index is 2.36. The number of primary sulfonamides is 1. The number of nitrogens with two attached hydrogens (primary N) is 1. The molecule has 1 aliphatic carbocycles. The van der Waals surface area contributed by atoms with Crippen LogP contribution in [0.5, 0.6) is 0 Å². The van der Waals surface area contributed by atoms with Gasteiger partial charge in [-0.15, -0.1) is 0 Å². The van der Waals surface area contributed by atoms with Gasteiger partial charge in [-0.3, -0.25) is 4.79 Å². The van der Waals surface area contributed by atoms with E-state index in [1.165, 1.54) is 0 Å². The Morgan fingerprint density at radius 3 is 2.45 bits per heavy atom. The van der Waals surface area contributed by atoms with E-state index < -0.39 is 20.8 Å². The highest BCUT2D eigenvalue weighted by molar-refractivity contribution is 7.89. The van der Waals surface area contributed by atoms with E-state index in [0.29, 0.717) is 18.4 Å². The summed E-state index contributed by atoms with van der Waals surface area (Å²) in [4.78, 5) is 14.3. The average molecular weight is 324 g/mol. The van der Waals surface area contributed by atoms with Crippen molar-refractivity contribution in [2.45, 2.75) is 43.9 Å². The molecule has 22 heavy (non-hydrogen) atoms. The minimum atomic E-state index is -3.72. The third-order valence-corrected chi connectivity index (χ3v) is 6.43. The summed E-state index contributed by atoms with van der Waals surface area (Å²) < 4.78 is 24.1. The summed E-state index contributed by atoms with van der Waals surface area (Å²) in [5.74, 6) is 0.114. The van der Waals surface area contributed by atoms with Crippen LogP contribution in [0.25, 0.3) is 0 Å². The Morgan fingerprint density at radius 2 is 1.91 bits per heavy atom. The van der Waals surface area contributed by atoms with Gasteiger partial charge in [0.25, 0.3) is 5.91 Å². The summed E-state index contributed by atoms with van der Waals surface area (Å²) in [7, 11) is -2.05. The van der Waals surface area contributed by atoms with E-state index in [9.17, 15) is 13.2 Å². The van der Waals surface area contributed by atoms with Gasteiger partial charge in [0.1, 0.15) is 0 Å². The summed E-state index contributed by atoms with van der Waals surface area (Å²) in [5, 5.41) is 4.72. The monoisotopic (exact) mass is 324 g/mol. The van der Waals surface area contributed by atoms with E-state index in [0.717, 1.165) is 6.42 Å². The maximum Gasteiger partial charge on any atom is 0.254 e. The molecule has 1 aliphatic rings. The number of nitrogens with zero attached hydrogens (tertiary/aromatic N) is 1. The molecule has 6 heteroatoms. The van der Waals surface area contributed by atoms with Gasteiger partial charge in [0.05, 0.1) is 10.8 Å². The smallest absolute Gasteiger partial charge is 0.254 e. The number of rotatable bonds is 3. The normalized spacial score (nSPS) is 29.1. The number of sulfonamides is 1. The van der Waals surface area contributed by atoms with Crippen LogP contribution in [0, 0.1) is 5.92 Å². The fourth-order valence-corrected chi connectivity index (χ4v) is 4.90. The van der Waals surface area contributed by atoms with Crippen LogP contribution in [0.2, 0.25) is 0 Å². The second kappa shape index (κ2) is 6.01. The number of carbonyl (C=O) groups is 1. The summed E-state index contributed by atoms with van der Waals surface area (Å²) in [6.45, 7) is 3.85. The lowest BCUT2D eigenvalue weighted by Gasteiger charge is -2.48. The molecular formula is C16H24N2O3S. The molecule has 1 unspecified atom stereocenters. The fourth-order valence-electron chi connectivity index (χ4n) is 3.31. The van der Waals surface area contributed by atoms with Crippen molar-refractivity contribution < 1.29 is 13.2 Å². The molecule has 0 aromatic heterocycles. The third kappa shape index (κ3) is 3.17. The van der Waals surface area contributed by atoms with Crippen molar-refractivity contribution in [1.29, 1.82) is 0 Å². The first-order valence-electron chi connectivity index (χ1n) is 7.51. The van der Waals surface area contributed by atoms with Gasteiger partial charge in [-0.05, 0) is 44.2 Å². The van der Waals surface area contributed by atoms with Crippen LogP contribution in [0.1, 0.15) is 43.5 Å². The molecule has 5 nitrogen and oxygen atoms in total.